The summed E-state index contributed by atoms with van der Waals surface area (Å²) in [5, 5.41) is 12.6. The summed E-state index contributed by atoms with van der Waals surface area (Å²) in [5.74, 6) is 0.199. The summed E-state index contributed by atoms with van der Waals surface area (Å²) in [6.45, 7) is 2.15. The lowest BCUT2D eigenvalue weighted by Crippen LogP contribution is -2.45. The predicted octanol–water partition coefficient (Wildman–Crippen LogP) is 1.55. The zero-order valence-corrected chi connectivity index (χ0v) is 10.5. The predicted molar refractivity (Wildman–Crippen MR) is 67.5 cm³/mol. The Labute approximate surface area is 106 Å². The van der Waals surface area contributed by atoms with E-state index in [1.807, 2.05) is 0 Å². The lowest BCUT2D eigenvalue weighted by Gasteiger charge is -2.39. The van der Waals surface area contributed by atoms with Crippen molar-refractivity contribution in [1.29, 1.82) is 0 Å². The number of nitrogens with zero attached hydrogens (tertiary/aromatic N) is 2. The van der Waals surface area contributed by atoms with E-state index in [0.717, 1.165) is 31.9 Å². The molecule has 1 aromatic heterocycles. The third-order valence-electron chi connectivity index (χ3n) is 3.68. The highest BCUT2D eigenvalue weighted by molar-refractivity contribution is 5.42. The molecule has 1 fully saturated rings. The molecular weight excluding hydrogens is 235 g/mol. The molecule has 2 rings (SSSR count). The second-order valence-electron chi connectivity index (χ2n) is 5.17. The molecule has 4 N–H and O–H groups in total. The molecule has 1 heterocycles. The molecule has 0 spiro atoms. The number of aromatic nitrogens is 2. The quantitative estimate of drug-likeness (QED) is 0.762. The molecule has 100 valence electrons. The van der Waals surface area contributed by atoms with E-state index in [-0.39, 0.29) is 18.4 Å². The van der Waals surface area contributed by atoms with E-state index in [1.165, 1.54) is 0 Å². The molecule has 6 heteroatoms. The number of nitrogens with two attached hydrogens (primary N) is 1. The smallest absolute Gasteiger partial charge is 0.222 e. The summed E-state index contributed by atoms with van der Waals surface area (Å²) in [6, 6.07) is 0. The topological polar surface area (TPSA) is 84.1 Å². The Morgan fingerprint density at radius 2 is 2.22 bits per heavy atom. The van der Waals surface area contributed by atoms with E-state index in [0.29, 0.717) is 5.92 Å². The molecule has 0 radical (unpaired) electrons. The van der Waals surface area contributed by atoms with Crippen LogP contribution < -0.4 is 11.1 Å². The fraction of sp³-hybridized carbons (Fsp3) is 0.667. The Morgan fingerprint density at radius 1 is 1.56 bits per heavy atom. The normalized spacial score (nSPS) is 28.1. The zero-order valence-electron chi connectivity index (χ0n) is 10.5. The van der Waals surface area contributed by atoms with Crippen molar-refractivity contribution in [2.75, 3.05) is 17.7 Å². The van der Waals surface area contributed by atoms with E-state index < -0.39 is 11.4 Å². The van der Waals surface area contributed by atoms with Crippen LogP contribution in [0, 0.1) is 11.7 Å². The lowest BCUT2D eigenvalue weighted by atomic mass is 9.77. The lowest BCUT2D eigenvalue weighted by molar-refractivity contribution is 0.154. The molecule has 0 atom stereocenters. The highest BCUT2D eigenvalue weighted by atomic mass is 19.1. The standard InChI is InChI=1S/C12H19FN4O/c1-8-2-4-12(7-18,5-3-8)17-10-9(13)6-15-11(14)16-10/h6,8,18H,2-5,7H2,1H3,(H3,14,15,16,17). The van der Waals surface area contributed by atoms with Gasteiger partial charge in [-0.05, 0) is 31.6 Å². The maximum absolute atomic E-state index is 13.6. The molecule has 0 aliphatic heterocycles. The third-order valence-corrected chi connectivity index (χ3v) is 3.68. The Hall–Kier alpha value is -1.43. The number of halogens is 1. The number of nitrogen functional groups attached to an aromatic ring is 1. The fourth-order valence-electron chi connectivity index (χ4n) is 2.36. The van der Waals surface area contributed by atoms with Crippen molar-refractivity contribution < 1.29 is 9.50 Å². The summed E-state index contributed by atoms with van der Waals surface area (Å²) in [4.78, 5) is 7.43. The first-order valence-corrected chi connectivity index (χ1v) is 6.22. The molecule has 0 aromatic carbocycles. The summed E-state index contributed by atoms with van der Waals surface area (Å²) in [6.07, 6.45) is 4.66. The number of nitrogens with one attached hydrogen (secondary N) is 1. The average molecular weight is 254 g/mol. The first-order valence-electron chi connectivity index (χ1n) is 6.22. The number of hydrogen-bond acceptors (Lipinski definition) is 5. The minimum Gasteiger partial charge on any atom is -0.394 e. The number of aliphatic hydroxyl groups is 1. The molecule has 18 heavy (non-hydrogen) atoms. The van der Waals surface area contributed by atoms with Crippen LogP contribution in [0.1, 0.15) is 32.6 Å². The number of rotatable bonds is 3. The molecule has 1 aliphatic rings. The van der Waals surface area contributed by atoms with Gasteiger partial charge >= 0.3 is 0 Å². The number of anilines is 2. The highest BCUT2D eigenvalue weighted by Crippen LogP contribution is 2.34. The SMILES string of the molecule is CC1CCC(CO)(Nc2nc(N)ncc2F)CC1. The summed E-state index contributed by atoms with van der Waals surface area (Å²) < 4.78 is 13.6. The Bertz CT molecular complexity index is 419. The van der Waals surface area contributed by atoms with Gasteiger partial charge in [-0.25, -0.2) is 9.37 Å². The van der Waals surface area contributed by atoms with Crippen LogP contribution in [0.3, 0.4) is 0 Å². The maximum atomic E-state index is 13.6. The number of aliphatic hydroxyl groups excluding tert-OH is 1. The molecule has 1 saturated carbocycles. The van der Waals surface area contributed by atoms with Gasteiger partial charge in [0.1, 0.15) is 0 Å². The summed E-state index contributed by atoms with van der Waals surface area (Å²) in [5.41, 5.74) is 4.96. The van der Waals surface area contributed by atoms with Gasteiger partial charge in [0.05, 0.1) is 18.3 Å². The van der Waals surface area contributed by atoms with Crippen molar-refractivity contribution in [2.24, 2.45) is 5.92 Å². The average Bonchev–Trinajstić information content (AvgIpc) is 2.37. The van der Waals surface area contributed by atoms with Gasteiger partial charge in [-0.2, -0.15) is 4.98 Å². The molecule has 1 aliphatic carbocycles. The minimum absolute atomic E-state index is 0.0242. The Balaban J connectivity index is 2.17. The van der Waals surface area contributed by atoms with Gasteiger partial charge in [0.15, 0.2) is 11.6 Å². The second-order valence-corrected chi connectivity index (χ2v) is 5.17. The van der Waals surface area contributed by atoms with E-state index >= 15 is 0 Å². The summed E-state index contributed by atoms with van der Waals surface area (Å²) >= 11 is 0. The van der Waals surface area contributed by atoms with Crippen molar-refractivity contribution in [3.05, 3.63) is 12.0 Å². The largest absolute Gasteiger partial charge is 0.394 e. The van der Waals surface area contributed by atoms with Crippen molar-refractivity contribution in [3.8, 4) is 0 Å². The van der Waals surface area contributed by atoms with E-state index in [2.05, 4.69) is 22.2 Å². The van der Waals surface area contributed by atoms with Gasteiger partial charge in [-0.1, -0.05) is 6.92 Å². The van der Waals surface area contributed by atoms with Crippen molar-refractivity contribution in [2.45, 2.75) is 38.1 Å². The van der Waals surface area contributed by atoms with Gasteiger partial charge in [0.2, 0.25) is 5.95 Å². The monoisotopic (exact) mass is 254 g/mol. The van der Waals surface area contributed by atoms with Gasteiger partial charge < -0.3 is 16.2 Å². The van der Waals surface area contributed by atoms with E-state index in [1.54, 1.807) is 0 Å². The molecule has 0 bridgehead atoms. The van der Waals surface area contributed by atoms with Crippen molar-refractivity contribution in [1.82, 2.24) is 9.97 Å². The van der Waals surface area contributed by atoms with Crippen LogP contribution >= 0.6 is 0 Å². The molecule has 1 aromatic rings. The Morgan fingerprint density at radius 3 is 2.83 bits per heavy atom. The van der Waals surface area contributed by atoms with Crippen LogP contribution in [-0.4, -0.2) is 27.2 Å². The fourth-order valence-corrected chi connectivity index (χ4v) is 2.36. The molecule has 0 amide bonds. The van der Waals surface area contributed by atoms with Crippen LogP contribution in [-0.2, 0) is 0 Å². The van der Waals surface area contributed by atoms with Gasteiger partial charge in [-0.15, -0.1) is 0 Å². The first-order chi connectivity index (χ1) is 8.54. The van der Waals surface area contributed by atoms with Gasteiger partial charge in [-0.3, -0.25) is 0 Å². The molecule has 0 unspecified atom stereocenters. The van der Waals surface area contributed by atoms with Gasteiger partial charge in [0, 0.05) is 0 Å². The van der Waals surface area contributed by atoms with Crippen LogP contribution in [0.15, 0.2) is 6.20 Å². The van der Waals surface area contributed by atoms with Crippen molar-refractivity contribution in [3.63, 3.8) is 0 Å². The number of hydrogen-bond donors (Lipinski definition) is 3. The van der Waals surface area contributed by atoms with Crippen LogP contribution in [0.25, 0.3) is 0 Å². The highest BCUT2D eigenvalue weighted by Gasteiger charge is 2.34. The molecule has 5 nitrogen and oxygen atoms in total. The van der Waals surface area contributed by atoms with Crippen LogP contribution in [0.2, 0.25) is 0 Å². The zero-order chi connectivity index (χ0) is 13.2. The first kappa shape index (κ1) is 13.0. The molecular formula is C12H19FN4O. The Kier molecular flexibility index (Phi) is 3.65. The van der Waals surface area contributed by atoms with Crippen LogP contribution in [0.5, 0.6) is 0 Å². The maximum Gasteiger partial charge on any atom is 0.222 e. The molecule has 0 saturated heterocycles. The van der Waals surface area contributed by atoms with Gasteiger partial charge in [0.25, 0.3) is 0 Å². The van der Waals surface area contributed by atoms with E-state index in [4.69, 9.17) is 5.73 Å². The second kappa shape index (κ2) is 5.06. The van der Waals surface area contributed by atoms with Crippen LogP contribution in [0.4, 0.5) is 16.2 Å². The minimum atomic E-state index is -0.546. The third kappa shape index (κ3) is 2.69. The summed E-state index contributed by atoms with van der Waals surface area (Å²) in [7, 11) is 0. The van der Waals surface area contributed by atoms with Crippen molar-refractivity contribution >= 4 is 11.8 Å². The van der Waals surface area contributed by atoms with E-state index in [9.17, 15) is 9.50 Å².